The first-order valence-corrected chi connectivity index (χ1v) is 8.52. The number of pyridine rings is 1. The largest absolute Gasteiger partial charge is 0.491 e. The molecule has 1 fully saturated rings. The summed E-state index contributed by atoms with van der Waals surface area (Å²) in [6, 6.07) is 3.84. The molecule has 0 unspecified atom stereocenters. The maximum Gasteiger partial charge on any atom is 0.169 e. The lowest BCUT2D eigenvalue weighted by molar-refractivity contribution is 0.0941. The molecule has 0 atom stereocenters. The number of Topliss-reactive ketones (excluding diaryl/α,β-unsaturated/α-hetero) is 1. The van der Waals surface area contributed by atoms with Gasteiger partial charge >= 0.3 is 0 Å². The molecule has 3 heterocycles. The van der Waals surface area contributed by atoms with Crippen LogP contribution in [0, 0.1) is 5.92 Å². The van der Waals surface area contributed by atoms with Gasteiger partial charge in [-0.2, -0.15) is 5.10 Å². The Bertz CT molecular complexity index is 672. The first-order chi connectivity index (χ1) is 11.1. The fourth-order valence-corrected chi connectivity index (χ4v) is 3.03. The van der Waals surface area contributed by atoms with Gasteiger partial charge < -0.3 is 4.74 Å². The Hall–Kier alpha value is -1.88. The lowest BCUT2D eigenvalue weighted by Gasteiger charge is -2.26. The van der Waals surface area contributed by atoms with Gasteiger partial charge in [-0.15, -0.1) is 0 Å². The number of fused-ring (bicyclic) bond motifs is 1. The van der Waals surface area contributed by atoms with Crippen molar-refractivity contribution in [1.82, 2.24) is 14.5 Å². The van der Waals surface area contributed by atoms with Crippen LogP contribution in [0.3, 0.4) is 0 Å². The van der Waals surface area contributed by atoms with Gasteiger partial charge in [0.25, 0.3) is 0 Å². The summed E-state index contributed by atoms with van der Waals surface area (Å²) in [7, 11) is 0. The topological polar surface area (TPSA) is 46.8 Å². The number of hydrogen-bond acceptors (Lipinski definition) is 4. The summed E-state index contributed by atoms with van der Waals surface area (Å²) in [5.41, 5.74) is 1.52. The van der Waals surface area contributed by atoms with Crippen LogP contribution in [-0.2, 0) is 0 Å². The number of ketones is 1. The average molecular weight is 315 g/mol. The minimum absolute atomic E-state index is 0.0246. The molecule has 0 spiro atoms. The second-order valence-electron chi connectivity index (χ2n) is 6.52. The van der Waals surface area contributed by atoms with Gasteiger partial charge in [-0.25, -0.2) is 4.52 Å². The van der Waals surface area contributed by atoms with E-state index in [2.05, 4.69) is 10.00 Å². The summed E-state index contributed by atoms with van der Waals surface area (Å²) in [6.45, 7) is 7.83. The molecule has 2 aromatic rings. The minimum atomic E-state index is -0.0246. The van der Waals surface area contributed by atoms with Crippen LogP contribution in [0.1, 0.15) is 43.5 Å². The van der Waals surface area contributed by atoms with Gasteiger partial charge in [0, 0.05) is 12.5 Å². The molecule has 0 radical (unpaired) electrons. The molecular weight excluding hydrogens is 290 g/mol. The lowest BCUT2D eigenvalue weighted by atomic mass is 10.0. The van der Waals surface area contributed by atoms with E-state index in [-0.39, 0.29) is 11.7 Å². The van der Waals surface area contributed by atoms with Crippen LogP contribution in [0.5, 0.6) is 5.75 Å². The van der Waals surface area contributed by atoms with Crippen LogP contribution in [-0.4, -0.2) is 46.5 Å². The van der Waals surface area contributed by atoms with Crippen molar-refractivity contribution in [3.63, 3.8) is 0 Å². The monoisotopic (exact) mass is 315 g/mol. The summed E-state index contributed by atoms with van der Waals surface area (Å²) in [5.74, 6) is 0.892. The summed E-state index contributed by atoms with van der Waals surface area (Å²) in [5, 5.41) is 4.29. The molecule has 0 N–H and O–H groups in total. The van der Waals surface area contributed by atoms with Crippen molar-refractivity contribution in [3.05, 3.63) is 30.1 Å². The van der Waals surface area contributed by atoms with Gasteiger partial charge in [-0.1, -0.05) is 20.3 Å². The van der Waals surface area contributed by atoms with Crippen molar-refractivity contribution < 1.29 is 9.53 Å². The number of piperidine rings is 1. The number of ether oxygens (including phenoxy) is 1. The van der Waals surface area contributed by atoms with Gasteiger partial charge in [0.15, 0.2) is 5.78 Å². The van der Waals surface area contributed by atoms with Gasteiger partial charge in [-0.3, -0.25) is 9.69 Å². The second-order valence-corrected chi connectivity index (χ2v) is 6.52. The normalized spacial score (nSPS) is 16.1. The third kappa shape index (κ3) is 3.72. The fraction of sp³-hybridized carbons (Fsp3) is 0.556. The second kappa shape index (κ2) is 7.13. The predicted octanol–water partition coefficient (Wildman–Crippen LogP) is 3.04. The standard InChI is InChI=1S/C18H25N3O2/c1-14(2)18(22)16-12-19-21-13-15(6-7-17(16)21)23-11-10-20-8-4-3-5-9-20/h6-7,12-14H,3-5,8-11H2,1-2H3. The quantitative estimate of drug-likeness (QED) is 0.769. The number of hydrogen-bond donors (Lipinski definition) is 0. The van der Waals surface area contributed by atoms with Crippen LogP contribution in [0.2, 0.25) is 0 Å². The van der Waals surface area contributed by atoms with Crippen molar-refractivity contribution in [2.45, 2.75) is 33.1 Å². The van der Waals surface area contributed by atoms with Crippen molar-refractivity contribution in [2.24, 2.45) is 5.92 Å². The van der Waals surface area contributed by atoms with E-state index in [0.717, 1.165) is 17.8 Å². The Balaban J connectivity index is 1.63. The zero-order valence-electron chi connectivity index (χ0n) is 14.0. The summed E-state index contributed by atoms with van der Waals surface area (Å²) in [6.07, 6.45) is 7.44. The zero-order valence-corrected chi connectivity index (χ0v) is 14.0. The molecule has 23 heavy (non-hydrogen) atoms. The fourth-order valence-electron chi connectivity index (χ4n) is 3.03. The third-order valence-electron chi connectivity index (χ3n) is 4.40. The maximum atomic E-state index is 12.2. The molecule has 2 aromatic heterocycles. The van der Waals surface area contributed by atoms with E-state index in [4.69, 9.17) is 4.74 Å². The van der Waals surface area contributed by atoms with Crippen LogP contribution < -0.4 is 4.74 Å². The highest BCUT2D eigenvalue weighted by Gasteiger charge is 2.16. The number of likely N-dealkylation sites (tertiary alicyclic amines) is 1. The highest BCUT2D eigenvalue weighted by Crippen LogP contribution is 2.19. The molecule has 0 saturated carbocycles. The number of carbonyl (C=O) groups excluding carboxylic acids is 1. The Morgan fingerprint density at radius 1 is 1.26 bits per heavy atom. The molecule has 0 bridgehead atoms. The number of carbonyl (C=O) groups is 1. The Morgan fingerprint density at radius 3 is 2.78 bits per heavy atom. The van der Waals surface area contributed by atoms with Crippen molar-refractivity contribution >= 4 is 11.3 Å². The number of aromatic nitrogens is 2. The Kier molecular flexibility index (Phi) is 4.96. The zero-order chi connectivity index (χ0) is 16.2. The van der Waals surface area contributed by atoms with Gasteiger partial charge in [0.2, 0.25) is 0 Å². The smallest absolute Gasteiger partial charge is 0.169 e. The highest BCUT2D eigenvalue weighted by molar-refractivity contribution is 6.03. The molecule has 5 nitrogen and oxygen atoms in total. The van der Waals surface area contributed by atoms with Crippen LogP contribution in [0.25, 0.3) is 5.52 Å². The van der Waals surface area contributed by atoms with E-state index in [1.807, 2.05) is 32.2 Å². The van der Waals surface area contributed by atoms with Crippen molar-refractivity contribution in [2.75, 3.05) is 26.2 Å². The van der Waals surface area contributed by atoms with Gasteiger partial charge in [0.05, 0.1) is 23.5 Å². The molecule has 1 saturated heterocycles. The molecule has 1 aliphatic heterocycles. The summed E-state index contributed by atoms with van der Waals surface area (Å²) >= 11 is 0. The van der Waals surface area contributed by atoms with E-state index < -0.39 is 0 Å². The van der Waals surface area contributed by atoms with Crippen LogP contribution in [0.4, 0.5) is 0 Å². The van der Waals surface area contributed by atoms with Gasteiger partial charge in [-0.05, 0) is 38.1 Å². The number of nitrogens with zero attached hydrogens (tertiary/aromatic N) is 3. The Labute approximate surface area is 137 Å². The van der Waals surface area contributed by atoms with Crippen LogP contribution >= 0.6 is 0 Å². The Morgan fingerprint density at radius 2 is 2.04 bits per heavy atom. The third-order valence-corrected chi connectivity index (χ3v) is 4.40. The minimum Gasteiger partial charge on any atom is -0.491 e. The summed E-state index contributed by atoms with van der Waals surface area (Å²) < 4.78 is 7.57. The van der Waals surface area contributed by atoms with Crippen LogP contribution in [0.15, 0.2) is 24.5 Å². The first-order valence-electron chi connectivity index (χ1n) is 8.52. The molecule has 0 aromatic carbocycles. The van der Waals surface area contributed by atoms with E-state index in [9.17, 15) is 4.79 Å². The van der Waals surface area contributed by atoms with Gasteiger partial charge in [0.1, 0.15) is 12.4 Å². The number of rotatable bonds is 6. The van der Waals surface area contributed by atoms with Crippen molar-refractivity contribution in [1.29, 1.82) is 0 Å². The van der Waals surface area contributed by atoms with E-state index >= 15 is 0 Å². The molecule has 0 aliphatic carbocycles. The van der Waals surface area contributed by atoms with E-state index in [0.29, 0.717) is 12.2 Å². The van der Waals surface area contributed by atoms with E-state index in [1.165, 1.54) is 32.4 Å². The lowest BCUT2D eigenvalue weighted by Crippen LogP contribution is -2.33. The molecule has 0 amide bonds. The highest BCUT2D eigenvalue weighted by atomic mass is 16.5. The molecular formula is C18H25N3O2. The SMILES string of the molecule is CC(C)C(=O)c1cnn2cc(OCCN3CCCCC3)ccc12. The molecule has 3 rings (SSSR count). The molecule has 5 heteroatoms. The molecule has 124 valence electrons. The summed E-state index contributed by atoms with van der Waals surface area (Å²) in [4.78, 5) is 14.6. The van der Waals surface area contributed by atoms with E-state index in [1.54, 1.807) is 10.7 Å². The molecule has 1 aliphatic rings. The van der Waals surface area contributed by atoms with Crippen molar-refractivity contribution in [3.8, 4) is 5.75 Å². The predicted molar refractivity (Wildman–Crippen MR) is 90.1 cm³/mol. The maximum absolute atomic E-state index is 12.2. The first kappa shape index (κ1) is 16.0. The average Bonchev–Trinajstić information content (AvgIpc) is 2.98.